The Hall–Kier alpha value is -4.33. The first-order chi connectivity index (χ1) is 15.5. The summed E-state index contributed by atoms with van der Waals surface area (Å²) in [6.45, 7) is 0. The first-order valence-corrected chi connectivity index (χ1v) is 9.75. The van der Waals surface area contributed by atoms with Crippen LogP contribution in [0.1, 0.15) is 10.5 Å². The molecule has 32 heavy (non-hydrogen) atoms. The van der Waals surface area contributed by atoms with Gasteiger partial charge in [-0.25, -0.2) is 0 Å². The summed E-state index contributed by atoms with van der Waals surface area (Å²) in [5, 5.41) is 8.05. The van der Waals surface area contributed by atoms with Crippen molar-refractivity contribution in [2.24, 2.45) is 0 Å². The number of rotatable bonds is 6. The second-order valence-electron chi connectivity index (χ2n) is 6.83. The summed E-state index contributed by atoms with van der Waals surface area (Å²) in [5.41, 5.74) is 0.738. The van der Waals surface area contributed by atoms with Crippen molar-refractivity contribution in [1.82, 2.24) is 9.78 Å². The highest BCUT2D eigenvalue weighted by atomic mass is 16.5. The lowest BCUT2D eigenvalue weighted by Crippen LogP contribution is -2.26. The van der Waals surface area contributed by atoms with Crippen LogP contribution < -0.4 is 25.1 Å². The number of nitrogens with zero attached hydrogens (tertiary/aromatic N) is 2. The van der Waals surface area contributed by atoms with Gasteiger partial charge in [-0.3, -0.25) is 9.59 Å². The molecule has 0 bridgehead atoms. The number of hydrogen-bond acceptors (Lipinski definition) is 6. The minimum absolute atomic E-state index is 0.105. The number of nitrogens with one attached hydrogen (secondary N) is 1. The van der Waals surface area contributed by atoms with E-state index in [9.17, 15) is 9.59 Å². The third-order valence-corrected chi connectivity index (χ3v) is 4.99. The molecular weight excluding hydrogens is 410 g/mol. The van der Waals surface area contributed by atoms with Gasteiger partial charge < -0.3 is 19.5 Å². The first-order valence-electron chi connectivity index (χ1n) is 9.75. The van der Waals surface area contributed by atoms with E-state index in [0.717, 1.165) is 0 Å². The van der Waals surface area contributed by atoms with Crippen LogP contribution in [0.2, 0.25) is 0 Å². The van der Waals surface area contributed by atoms with Crippen molar-refractivity contribution in [3.8, 4) is 22.9 Å². The molecule has 8 nitrogen and oxygen atoms in total. The molecule has 1 N–H and O–H groups in total. The van der Waals surface area contributed by atoms with Crippen LogP contribution in [0.4, 0.5) is 5.69 Å². The third kappa shape index (κ3) is 3.85. The minimum atomic E-state index is -0.480. The molecule has 162 valence electrons. The summed E-state index contributed by atoms with van der Waals surface area (Å²) in [6, 6.07) is 18.8. The summed E-state index contributed by atoms with van der Waals surface area (Å²) in [4.78, 5) is 26.3. The van der Waals surface area contributed by atoms with Crippen molar-refractivity contribution in [3.05, 3.63) is 82.8 Å². The number of ether oxygens (including phenoxy) is 3. The maximum absolute atomic E-state index is 13.3. The molecule has 0 fully saturated rings. The van der Waals surface area contributed by atoms with Gasteiger partial charge in [0.1, 0.15) is 17.2 Å². The fourth-order valence-electron chi connectivity index (χ4n) is 3.34. The molecular formula is C24H21N3O5. The molecule has 0 aliphatic rings. The highest BCUT2D eigenvalue weighted by Gasteiger charge is 2.19. The molecule has 0 aliphatic heterocycles. The number of benzene rings is 3. The topological polar surface area (TPSA) is 91.7 Å². The molecule has 0 aliphatic carbocycles. The summed E-state index contributed by atoms with van der Waals surface area (Å²) < 4.78 is 17.0. The summed E-state index contributed by atoms with van der Waals surface area (Å²) in [5.74, 6) is 1.20. The zero-order valence-electron chi connectivity index (χ0n) is 17.8. The van der Waals surface area contributed by atoms with Crippen LogP contribution in [0, 0.1) is 0 Å². The number of carbonyl (C=O) groups is 1. The van der Waals surface area contributed by atoms with Gasteiger partial charge in [0.15, 0.2) is 5.69 Å². The van der Waals surface area contributed by atoms with E-state index >= 15 is 0 Å². The Kier molecular flexibility index (Phi) is 5.76. The van der Waals surface area contributed by atoms with Crippen molar-refractivity contribution >= 4 is 22.4 Å². The Balaban J connectivity index is 1.82. The van der Waals surface area contributed by atoms with E-state index in [-0.39, 0.29) is 11.3 Å². The molecule has 4 rings (SSSR count). The molecule has 3 aromatic carbocycles. The fourth-order valence-corrected chi connectivity index (χ4v) is 3.34. The average molecular weight is 431 g/mol. The minimum Gasteiger partial charge on any atom is -0.497 e. The molecule has 0 saturated heterocycles. The van der Waals surface area contributed by atoms with E-state index in [1.165, 1.54) is 11.8 Å². The zero-order valence-corrected chi connectivity index (χ0v) is 17.8. The smallest absolute Gasteiger partial charge is 0.279 e. The molecule has 0 spiro atoms. The lowest BCUT2D eigenvalue weighted by Gasteiger charge is -2.14. The zero-order chi connectivity index (χ0) is 22.7. The third-order valence-electron chi connectivity index (χ3n) is 4.99. The Morgan fingerprint density at radius 3 is 2.16 bits per heavy atom. The largest absolute Gasteiger partial charge is 0.497 e. The van der Waals surface area contributed by atoms with Crippen LogP contribution in [0.25, 0.3) is 16.5 Å². The van der Waals surface area contributed by atoms with E-state index in [4.69, 9.17) is 14.2 Å². The number of aromatic nitrogens is 2. The second kappa shape index (κ2) is 8.81. The molecule has 1 aromatic heterocycles. The Labute approximate surface area is 184 Å². The van der Waals surface area contributed by atoms with E-state index < -0.39 is 5.91 Å². The first kappa shape index (κ1) is 20.9. The van der Waals surface area contributed by atoms with E-state index in [2.05, 4.69) is 10.4 Å². The van der Waals surface area contributed by atoms with Gasteiger partial charge >= 0.3 is 0 Å². The van der Waals surface area contributed by atoms with Gasteiger partial charge in [-0.1, -0.05) is 18.2 Å². The highest BCUT2D eigenvalue weighted by Crippen LogP contribution is 2.29. The maximum Gasteiger partial charge on any atom is 0.279 e. The van der Waals surface area contributed by atoms with Gasteiger partial charge in [-0.15, -0.1) is 0 Å². The maximum atomic E-state index is 13.3. The molecule has 8 heteroatoms. The Morgan fingerprint density at radius 1 is 0.844 bits per heavy atom. The van der Waals surface area contributed by atoms with E-state index in [1.807, 2.05) is 0 Å². The standard InChI is InChI=1S/C24H21N3O5/c1-30-16-10-8-15(9-11-16)27-24(29)19-7-5-4-6-18(19)22(26-27)23(28)25-20-13-12-17(31-2)14-21(20)32-3/h4-14H,1-3H3,(H,25,28). The average Bonchev–Trinajstić information content (AvgIpc) is 2.84. The lowest BCUT2D eigenvalue weighted by molar-refractivity contribution is 0.102. The predicted molar refractivity (Wildman–Crippen MR) is 121 cm³/mol. The predicted octanol–water partition coefficient (Wildman–Crippen LogP) is 3.66. The van der Waals surface area contributed by atoms with E-state index in [0.29, 0.717) is 39.4 Å². The highest BCUT2D eigenvalue weighted by molar-refractivity contribution is 6.11. The number of carbonyl (C=O) groups excluding carboxylic acids is 1. The van der Waals surface area contributed by atoms with Crippen LogP contribution in [-0.4, -0.2) is 37.0 Å². The molecule has 0 saturated carbocycles. The van der Waals surface area contributed by atoms with Crippen LogP contribution >= 0.6 is 0 Å². The van der Waals surface area contributed by atoms with Crippen molar-refractivity contribution in [2.75, 3.05) is 26.6 Å². The molecule has 4 aromatic rings. The van der Waals surface area contributed by atoms with Crippen LogP contribution in [0.5, 0.6) is 17.2 Å². The van der Waals surface area contributed by atoms with Gasteiger partial charge in [0, 0.05) is 11.5 Å². The second-order valence-corrected chi connectivity index (χ2v) is 6.83. The van der Waals surface area contributed by atoms with Crippen LogP contribution in [-0.2, 0) is 0 Å². The normalized spacial score (nSPS) is 10.6. The van der Waals surface area contributed by atoms with Crippen molar-refractivity contribution in [1.29, 1.82) is 0 Å². The number of fused-ring (bicyclic) bond motifs is 1. The van der Waals surface area contributed by atoms with Gasteiger partial charge in [0.05, 0.1) is 38.1 Å². The monoisotopic (exact) mass is 431 g/mol. The molecule has 1 amide bonds. The Bertz CT molecular complexity index is 1350. The van der Waals surface area contributed by atoms with Crippen LogP contribution in [0.3, 0.4) is 0 Å². The quantitative estimate of drug-likeness (QED) is 0.501. The summed E-state index contributed by atoms with van der Waals surface area (Å²) in [6.07, 6.45) is 0. The van der Waals surface area contributed by atoms with E-state index in [1.54, 1.807) is 80.9 Å². The molecule has 0 unspecified atom stereocenters. The molecule has 0 atom stereocenters. The van der Waals surface area contributed by atoms with Gasteiger partial charge in [-0.2, -0.15) is 9.78 Å². The fraction of sp³-hybridized carbons (Fsp3) is 0.125. The molecule has 1 heterocycles. The number of anilines is 1. The summed E-state index contributed by atoms with van der Waals surface area (Å²) in [7, 11) is 4.61. The van der Waals surface area contributed by atoms with Gasteiger partial charge in [0.25, 0.3) is 11.5 Å². The van der Waals surface area contributed by atoms with Crippen LogP contribution in [0.15, 0.2) is 71.5 Å². The number of methoxy groups -OCH3 is 3. The van der Waals surface area contributed by atoms with Gasteiger partial charge in [-0.05, 0) is 42.5 Å². The Morgan fingerprint density at radius 2 is 1.50 bits per heavy atom. The number of amides is 1. The molecule has 0 radical (unpaired) electrons. The number of hydrogen-bond donors (Lipinski definition) is 1. The van der Waals surface area contributed by atoms with Crippen molar-refractivity contribution in [2.45, 2.75) is 0 Å². The SMILES string of the molecule is COc1ccc(-n2nc(C(=O)Nc3ccc(OC)cc3OC)c3ccccc3c2=O)cc1. The lowest BCUT2D eigenvalue weighted by atomic mass is 10.1. The van der Waals surface area contributed by atoms with Crippen molar-refractivity contribution < 1.29 is 19.0 Å². The van der Waals surface area contributed by atoms with Gasteiger partial charge in [0.2, 0.25) is 0 Å². The summed E-state index contributed by atoms with van der Waals surface area (Å²) >= 11 is 0. The van der Waals surface area contributed by atoms with Crippen molar-refractivity contribution in [3.63, 3.8) is 0 Å².